The summed E-state index contributed by atoms with van der Waals surface area (Å²) in [6.07, 6.45) is 5.69. The fourth-order valence-corrected chi connectivity index (χ4v) is 2.57. The molecule has 0 N–H and O–H groups in total. The number of hydrogen-bond acceptors (Lipinski definition) is 4. The van der Waals surface area contributed by atoms with Crippen LogP contribution in [0.4, 0.5) is 0 Å². The SMILES string of the molecule is Cc1cc(=O)cc(C)n1/C=C/c1cccc(OCOC(=O)C2CC2)c1. The molecule has 1 aromatic carbocycles. The number of rotatable bonds is 6. The average molecular weight is 339 g/mol. The number of aryl methyl sites for hydroxylation is 2. The van der Waals surface area contributed by atoms with Crippen molar-refractivity contribution in [2.75, 3.05) is 6.79 Å². The van der Waals surface area contributed by atoms with Crippen LogP contribution in [0.2, 0.25) is 0 Å². The minimum Gasteiger partial charge on any atom is -0.457 e. The zero-order valence-electron chi connectivity index (χ0n) is 14.4. The number of nitrogens with zero attached hydrogens (tertiary/aromatic N) is 1. The quantitative estimate of drug-likeness (QED) is 0.598. The maximum atomic E-state index is 11.5. The summed E-state index contributed by atoms with van der Waals surface area (Å²) in [4.78, 5) is 23.0. The lowest BCUT2D eigenvalue weighted by Gasteiger charge is -2.09. The van der Waals surface area contributed by atoms with Crippen molar-refractivity contribution in [1.29, 1.82) is 0 Å². The molecular formula is C20H21NO4. The van der Waals surface area contributed by atoms with Crippen LogP contribution in [0.1, 0.15) is 29.8 Å². The van der Waals surface area contributed by atoms with Gasteiger partial charge in [-0.05, 0) is 50.5 Å². The summed E-state index contributed by atoms with van der Waals surface area (Å²) in [7, 11) is 0. The van der Waals surface area contributed by atoms with E-state index in [1.165, 1.54) is 0 Å². The molecule has 5 nitrogen and oxygen atoms in total. The van der Waals surface area contributed by atoms with Crippen LogP contribution in [0.15, 0.2) is 41.2 Å². The van der Waals surface area contributed by atoms with Crippen LogP contribution in [0, 0.1) is 19.8 Å². The molecule has 130 valence electrons. The molecule has 0 radical (unpaired) electrons. The molecule has 1 aliphatic rings. The number of esters is 1. The number of ether oxygens (including phenoxy) is 2. The number of carbonyl (C=O) groups is 1. The van der Waals surface area contributed by atoms with Gasteiger partial charge in [0.2, 0.25) is 6.79 Å². The Kier molecular flexibility index (Phi) is 5.03. The molecule has 0 atom stereocenters. The van der Waals surface area contributed by atoms with Crippen LogP contribution in [0.5, 0.6) is 5.75 Å². The largest absolute Gasteiger partial charge is 0.457 e. The van der Waals surface area contributed by atoms with Crippen molar-refractivity contribution in [3.05, 3.63) is 63.6 Å². The molecule has 1 saturated carbocycles. The molecule has 0 unspecified atom stereocenters. The second-order valence-corrected chi connectivity index (χ2v) is 6.23. The first-order chi connectivity index (χ1) is 12.0. The summed E-state index contributed by atoms with van der Waals surface area (Å²) < 4.78 is 12.5. The third-order valence-corrected chi connectivity index (χ3v) is 4.07. The molecule has 0 aliphatic heterocycles. The molecule has 1 aromatic heterocycles. The Morgan fingerprint density at radius 1 is 1.20 bits per heavy atom. The first kappa shape index (κ1) is 17.0. The Balaban J connectivity index is 1.65. The molecule has 3 rings (SSSR count). The highest BCUT2D eigenvalue weighted by molar-refractivity contribution is 5.74. The van der Waals surface area contributed by atoms with Gasteiger partial charge in [0.25, 0.3) is 0 Å². The maximum absolute atomic E-state index is 11.5. The predicted octanol–water partition coefficient (Wildman–Crippen LogP) is 3.38. The van der Waals surface area contributed by atoms with Crippen LogP contribution in [-0.2, 0) is 9.53 Å². The lowest BCUT2D eigenvalue weighted by molar-refractivity contribution is -0.151. The van der Waals surface area contributed by atoms with Gasteiger partial charge in [0.15, 0.2) is 5.43 Å². The summed E-state index contributed by atoms with van der Waals surface area (Å²) in [5.41, 5.74) is 2.71. The maximum Gasteiger partial charge on any atom is 0.311 e. The summed E-state index contributed by atoms with van der Waals surface area (Å²) in [5, 5.41) is 0. The number of benzene rings is 1. The van der Waals surface area contributed by atoms with Gasteiger partial charge in [0.05, 0.1) is 5.92 Å². The summed E-state index contributed by atoms with van der Waals surface area (Å²) >= 11 is 0. The van der Waals surface area contributed by atoms with Crippen molar-refractivity contribution in [1.82, 2.24) is 4.57 Å². The molecule has 0 saturated heterocycles. The van der Waals surface area contributed by atoms with E-state index in [4.69, 9.17) is 9.47 Å². The fourth-order valence-electron chi connectivity index (χ4n) is 2.57. The van der Waals surface area contributed by atoms with Gasteiger partial charge in [-0.3, -0.25) is 9.59 Å². The Morgan fingerprint density at radius 3 is 2.60 bits per heavy atom. The topological polar surface area (TPSA) is 57.5 Å². The number of pyridine rings is 1. The first-order valence-electron chi connectivity index (χ1n) is 8.30. The minimum atomic E-state index is -0.180. The minimum absolute atomic E-state index is 0.00999. The lowest BCUT2D eigenvalue weighted by atomic mass is 10.2. The van der Waals surface area contributed by atoms with Crippen LogP contribution in [0.3, 0.4) is 0 Å². The van der Waals surface area contributed by atoms with E-state index in [1.54, 1.807) is 12.1 Å². The lowest BCUT2D eigenvalue weighted by Crippen LogP contribution is -2.11. The Labute approximate surface area is 146 Å². The van der Waals surface area contributed by atoms with Gasteiger partial charge in [-0.2, -0.15) is 0 Å². The zero-order valence-corrected chi connectivity index (χ0v) is 14.4. The second-order valence-electron chi connectivity index (χ2n) is 6.23. The Bertz CT molecular complexity index is 836. The Hall–Kier alpha value is -2.82. The van der Waals surface area contributed by atoms with E-state index in [-0.39, 0.29) is 24.1 Å². The van der Waals surface area contributed by atoms with Crippen LogP contribution in [-0.4, -0.2) is 17.3 Å². The fraction of sp³-hybridized carbons (Fsp3) is 0.300. The van der Waals surface area contributed by atoms with Crippen LogP contribution < -0.4 is 10.2 Å². The van der Waals surface area contributed by atoms with Crippen molar-refractivity contribution < 1.29 is 14.3 Å². The van der Waals surface area contributed by atoms with E-state index in [0.717, 1.165) is 29.8 Å². The van der Waals surface area contributed by atoms with Crippen molar-refractivity contribution in [2.45, 2.75) is 26.7 Å². The van der Waals surface area contributed by atoms with Gasteiger partial charge in [-0.25, -0.2) is 0 Å². The van der Waals surface area contributed by atoms with E-state index < -0.39 is 0 Å². The predicted molar refractivity (Wildman–Crippen MR) is 96.2 cm³/mol. The standard InChI is InChI=1S/C20H21NO4/c1-14-10-18(22)11-15(2)21(14)9-8-16-4-3-5-19(12-16)24-13-25-20(23)17-6-7-17/h3-5,8-12,17H,6-7,13H2,1-2H3/b9-8+. The third kappa shape index (κ3) is 4.59. The molecule has 0 bridgehead atoms. The molecule has 1 aliphatic carbocycles. The molecule has 25 heavy (non-hydrogen) atoms. The van der Waals surface area contributed by atoms with Gasteiger partial charge in [0, 0.05) is 29.7 Å². The molecule has 5 heteroatoms. The molecule has 1 heterocycles. The normalized spacial score (nSPS) is 13.8. The second kappa shape index (κ2) is 7.38. The number of aromatic nitrogens is 1. The monoisotopic (exact) mass is 339 g/mol. The highest BCUT2D eigenvalue weighted by Crippen LogP contribution is 2.30. The summed E-state index contributed by atoms with van der Waals surface area (Å²) in [5.74, 6) is 0.529. The zero-order chi connectivity index (χ0) is 17.8. The molecule has 0 amide bonds. The van der Waals surface area contributed by atoms with Gasteiger partial charge in [-0.1, -0.05) is 12.1 Å². The summed E-state index contributed by atoms with van der Waals surface area (Å²) in [6, 6.07) is 10.7. The van der Waals surface area contributed by atoms with Crippen molar-refractivity contribution in [2.24, 2.45) is 5.92 Å². The smallest absolute Gasteiger partial charge is 0.311 e. The number of hydrogen-bond donors (Lipinski definition) is 0. The molecular weight excluding hydrogens is 318 g/mol. The first-order valence-corrected chi connectivity index (χ1v) is 8.30. The third-order valence-electron chi connectivity index (χ3n) is 4.07. The van der Waals surface area contributed by atoms with Crippen molar-refractivity contribution in [3.8, 4) is 5.75 Å². The number of carbonyl (C=O) groups excluding carboxylic acids is 1. The molecule has 2 aromatic rings. The molecule has 0 spiro atoms. The highest BCUT2D eigenvalue weighted by atomic mass is 16.7. The molecule has 1 fully saturated rings. The van der Waals surface area contributed by atoms with E-state index >= 15 is 0 Å². The van der Waals surface area contributed by atoms with E-state index in [1.807, 2.05) is 55.0 Å². The van der Waals surface area contributed by atoms with Crippen LogP contribution >= 0.6 is 0 Å². The summed E-state index contributed by atoms with van der Waals surface area (Å²) in [6.45, 7) is 3.72. The van der Waals surface area contributed by atoms with Gasteiger partial charge in [-0.15, -0.1) is 0 Å². The van der Waals surface area contributed by atoms with E-state index in [2.05, 4.69) is 0 Å². The van der Waals surface area contributed by atoms with Crippen molar-refractivity contribution >= 4 is 18.2 Å². The van der Waals surface area contributed by atoms with Crippen LogP contribution in [0.25, 0.3) is 12.3 Å². The van der Waals surface area contributed by atoms with Gasteiger partial charge >= 0.3 is 5.97 Å². The van der Waals surface area contributed by atoms with Gasteiger partial charge < -0.3 is 14.0 Å². The highest BCUT2D eigenvalue weighted by Gasteiger charge is 2.31. The van der Waals surface area contributed by atoms with Gasteiger partial charge in [0.1, 0.15) is 5.75 Å². The van der Waals surface area contributed by atoms with E-state index in [9.17, 15) is 9.59 Å². The average Bonchev–Trinajstić information content (AvgIpc) is 3.39. The van der Waals surface area contributed by atoms with E-state index in [0.29, 0.717) is 5.75 Å². The van der Waals surface area contributed by atoms with Crippen molar-refractivity contribution in [3.63, 3.8) is 0 Å². The Morgan fingerprint density at radius 2 is 1.92 bits per heavy atom.